The van der Waals surface area contributed by atoms with Crippen LogP contribution in [0.3, 0.4) is 0 Å². The van der Waals surface area contributed by atoms with Crippen molar-refractivity contribution in [2.75, 3.05) is 6.54 Å². The zero-order chi connectivity index (χ0) is 13.6. The molecule has 1 saturated carbocycles. The van der Waals surface area contributed by atoms with Gasteiger partial charge >= 0.3 is 0 Å². The van der Waals surface area contributed by atoms with E-state index in [0.29, 0.717) is 11.7 Å². The fraction of sp³-hybridized carbons (Fsp3) is 0.462. The smallest absolute Gasteiger partial charge is 0.271 e. The number of piperazine rings is 1. The van der Waals surface area contributed by atoms with Gasteiger partial charge in [-0.05, 0) is 31.9 Å². The van der Waals surface area contributed by atoms with E-state index in [1.807, 2.05) is 16.8 Å². The van der Waals surface area contributed by atoms with Crippen LogP contribution in [0.5, 0.6) is 0 Å². The molecule has 2 heterocycles. The highest BCUT2D eigenvalue weighted by Crippen LogP contribution is 2.36. The first-order chi connectivity index (χ1) is 9.08. The molecule has 0 spiro atoms. The van der Waals surface area contributed by atoms with E-state index in [9.17, 15) is 14.4 Å². The number of carbonyl (C=O) groups excluding carboxylic acids is 3. The number of nitrogens with zero attached hydrogens (tertiary/aromatic N) is 2. The van der Waals surface area contributed by atoms with E-state index in [1.54, 1.807) is 13.0 Å². The Hall–Kier alpha value is -2.11. The third-order valence-corrected chi connectivity index (χ3v) is 3.62. The van der Waals surface area contributed by atoms with Crippen molar-refractivity contribution in [2.24, 2.45) is 0 Å². The van der Waals surface area contributed by atoms with Gasteiger partial charge in [0.05, 0.1) is 0 Å². The normalized spacial score (nSPS) is 23.4. The fourth-order valence-electron chi connectivity index (χ4n) is 2.36. The minimum Gasteiger partial charge on any atom is -0.340 e. The average molecular weight is 261 g/mol. The van der Waals surface area contributed by atoms with Crippen LogP contribution in [-0.2, 0) is 9.59 Å². The molecule has 100 valence electrons. The molecule has 6 heteroatoms. The van der Waals surface area contributed by atoms with E-state index in [1.165, 1.54) is 4.90 Å². The van der Waals surface area contributed by atoms with Crippen molar-refractivity contribution >= 4 is 17.7 Å². The zero-order valence-corrected chi connectivity index (χ0v) is 10.6. The Morgan fingerprint density at radius 1 is 1.37 bits per heavy atom. The number of hydrogen-bond acceptors (Lipinski definition) is 3. The largest absolute Gasteiger partial charge is 0.340 e. The second kappa shape index (κ2) is 4.22. The molecule has 1 aromatic heterocycles. The van der Waals surface area contributed by atoms with Crippen LogP contribution in [-0.4, -0.2) is 39.8 Å². The average Bonchev–Trinajstić information content (AvgIpc) is 3.10. The Morgan fingerprint density at radius 3 is 2.79 bits per heavy atom. The predicted octanol–water partition coefficient (Wildman–Crippen LogP) is 0.310. The lowest BCUT2D eigenvalue weighted by atomic mass is 10.2. The van der Waals surface area contributed by atoms with Gasteiger partial charge in [-0.15, -0.1) is 0 Å². The summed E-state index contributed by atoms with van der Waals surface area (Å²) in [5.41, 5.74) is 0.553. The van der Waals surface area contributed by atoms with Gasteiger partial charge in [0.2, 0.25) is 11.8 Å². The van der Waals surface area contributed by atoms with Gasteiger partial charge in [0, 0.05) is 12.2 Å². The van der Waals surface area contributed by atoms with Crippen molar-refractivity contribution in [2.45, 2.75) is 31.8 Å². The quantitative estimate of drug-likeness (QED) is 0.779. The van der Waals surface area contributed by atoms with Gasteiger partial charge in [0.15, 0.2) is 0 Å². The Morgan fingerprint density at radius 2 is 2.11 bits per heavy atom. The summed E-state index contributed by atoms with van der Waals surface area (Å²) >= 11 is 0. The summed E-state index contributed by atoms with van der Waals surface area (Å²) in [4.78, 5) is 36.8. The van der Waals surface area contributed by atoms with Gasteiger partial charge in [-0.1, -0.05) is 0 Å². The van der Waals surface area contributed by atoms with Crippen LogP contribution >= 0.6 is 0 Å². The van der Waals surface area contributed by atoms with Crippen LogP contribution in [0.25, 0.3) is 0 Å². The van der Waals surface area contributed by atoms with Gasteiger partial charge in [0.25, 0.3) is 5.91 Å². The lowest BCUT2D eigenvalue weighted by Crippen LogP contribution is -2.58. The maximum absolute atomic E-state index is 12.5. The van der Waals surface area contributed by atoms with E-state index in [0.717, 1.165) is 12.8 Å². The molecule has 1 unspecified atom stereocenters. The molecule has 1 N–H and O–H groups in total. The summed E-state index contributed by atoms with van der Waals surface area (Å²) in [5.74, 6) is -1.11. The van der Waals surface area contributed by atoms with Crippen molar-refractivity contribution in [3.8, 4) is 0 Å². The lowest BCUT2D eigenvalue weighted by molar-refractivity contribution is -0.138. The van der Waals surface area contributed by atoms with Gasteiger partial charge in [0.1, 0.15) is 18.3 Å². The molecule has 19 heavy (non-hydrogen) atoms. The highest BCUT2D eigenvalue weighted by Gasteiger charge is 2.36. The fourth-order valence-corrected chi connectivity index (χ4v) is 2.36. The number of aromatic nitrogens is 1. The molecule has 2 aliphatic rings. The molecule has 3 amide bonds. The SMILES string of the molecule is CC1C(=O)NC(=O)CN1C(=O)c1cccn1C1CC1. The summed E-state index contributed by atoms with van der Waals surface area (Å²) in [7, 11) is 0. The monoisotopic (exact) mass is 261 g/mol. The van der Waals surface area contributed by atoms with Crippen molar-refractivity contribution in [3.63, 3.8) is 0 Å². The first-order valence-corrected chi connectivity index (χ1v) is 6.39. The van der Waals surface area contributed by atoms with Crippen molar-refractivity contribution in [3.05, 3.63) is 24.0 Å². The molecule has 3 rings (SSSR count). The van der Waals surface area contributed by atoms with Crippen LogP contribution in [0.1, 0.15) is 36.3 Å². The van der Waals surface area contributed by atoms with Crippen LogP contribution in [0, 0.1) is 0 Å². The molecule has 1 aliphatic carbocycles. The number of rotatable bonds is 2. The first kappa shape index (κ1) is 12.0. The molecule has 2 fully saturated rings. The van der Waals surface area contributed by atoms with Crippen molar-refractivity contribution in [1.29, 1.82) is 0 Å². The Bertz CT molecular complexity index is 559. The molecule has 0 aromatic carbocycles. The van der Waals surface area contributed by atoms with Gasteiger partial charge in [-0.2, -0.15) is 0 Å². The van der Waals surface area contributed by atoms with Gasteiger partial charge in [-0.25, -0.2) is 0 Å². The number of nitrogens with one attached hydrogen (secondary N) is 1. The van der Waals surface area contributed by atoms with E-state index < -0.39 is 17.9 Å². The van der Waals surface area contributed by atoms with Gasteiger partial charge in [-0.3, -0.25) is 19.7 Å². The second-order valence-corrected chi connectivity index (χ2v) is 5.05. The summed E-state index contributed by atoms with van der Waals surface area (Å²) in [6.45, 7) is 1.56. The number of carbonyl (C=O) groups is 3. The van der Waals surface area contributed by atoms with E-state index in [-0.39, 0.29) is 12.5 Å². The molecule has 0 radical (unpaired) electrons. The molecule has 1 aliphatic heterocycles. The van der Waals surface area contributed by atoms with Crippen molar-refractivity contribution in [1.82, 2.24) is 14.8 Å². The van der Waals surface area contributed by atoms with Crippen LogP contribution in [0.15, 0.2) is 18.3 Å². The molecule has 0 bridgehead atoms. The predicted molar refractivity (Wildman–Crippen MR) is 66.4 cm³/mol. The minimum atomic E-state index is -0.618. The zero-order valence-electron chi connectivity index (χ0n) is 10.6. The summed E-state index contributed by atoms with van der Waals surface area (Å²) < 4.78 is 1.94. The van der Waals surface area contributed by atoms with Crippen LogP contribution in [0.2, 0.25) is 0 Å². The number of amides is 3. The standard InChI is InChI=1S/C13H15N3O3/c1-8-12(18)14-11(17)7-16(8)13(19)10-3-2-6-15(10)9-4-5-9/h2-3,6,8-9H,4-5,7H2,1H3,(H,14,17,18). The first-order valence-electron chi connectivity index (χ1n) is 6.39. The van der Waals surface area contributed by atoms with E-state index in [2.05, 4.69) is 5.32 Å². The molecular weight excluding hydrogens is 246 g/mol. The van der Waals surface area contributed by atoms with Gasteiger partial charge < -0.3 is 9.47 Å². The molecule has 6 nitrogen and oxygen atoms in total. The maximum atomic E-state index is 12.5. The molecular formula is C13H15N3O3. The van der Waals surface area contributed by atoms with E-state index >= 15 is 0 Å². The highest BCUT2D eigenvalue weighted by atomic mass is 16.2. The Kier molecular flexibility index (Phi) is 2.66. The van der Waals surface area contributed by atoms with Crippen LogP contribution < -0.4 is 5.32 Å². The second-order valence-electron chi connectivity index (χ2n) is 5.05. The van der Waals surface area contributed by atoms with E-state index in [4.69, 9.17) is 0 Å². The third kappa shape index (κ3) is 2.03. The molecule has 1 aromatic rings. The van der Waals surface area contributed by atoms with Crippen molar-refractivity contribution < 1.29 is 14.4 Å². The maximum Gasteiger partial charge on any atom is 0.271 e. The number of hydrogen-bond donors (Lipinski definition) is 1. The topological polar surface area (TPSA) is 71.4 Å². The lowest BCUT2D eigenvalue weighted by Gasteiger charge is -2.31. The number of imide groups is 1. The van der Waals surface area contributed by atoms with Crippen LogP contribution in [0.4, 0.5) is 0 Å². The third-order valence-electron chi connectivity index (χ3n) is 3.62. The summed E-state index contributed by atoms with van der Waals surface area (Å²) in [5, 5.41) is 2.23. The Balaban J connectivity index is 1.88. The summed E-state index contributed by atoms with van der Waals surface area (Å²) in [6.07, 6.45) is 4.02. The summed E-state index contributed by atoms with van der Waals surface area (Å²) in [6, 6.07) is 3.33. The minimum absolute atomic E-state index is 0.0679. The Labute approximate surface area is 110 Å². The molecule has 1 atom stereocenters. The highest BCUT2D eigenvalue weighted by molar-refractivity contribution is 6.06. The molecule has 1 saturated heterocycles.